The van der Waals surface area contributed by atoms with Gasteiger partial charge in [-0.2, -0.15) is 0 Å². The number of ether oxygens (including phenoxy) is 2. The van der Waals surface area contributed by atoms with Gasteiger partial charge in [0.25, 0.3) is 0 Å². The van der Waals surface area contributed by atoms with E-state index in [0.29, 0.717) is 6.04 Å². The Balaban J connectivity index is 0. The Bertz CT molecular complexity index is 441. The van der Waals surface area contributed by atoms with Crippen LogP contribution in [0.15, 0.2) is 18.2 Å². The molecule has 0 fully saturated rings. The molecule has 0 aliphatic rings. The average molecular weight is 382 g/mol. The highest BCUT2D eigenvalue weighted by molar-refractivity contribution is 5.46. The van der Waals surface area contributed by atoms with Gasteiger partial charge in [-0.25, -0.2) is 0 Å². The van der Waals surface area contributed by atoms with Crippen molar-refractivity contribution in [1.82, 2.24) is 5.32 Å². The number of nitrogens with one attached hydrogen (secondary N) is 1. The topological polar surface area (TPSA) is 47.6 Å². The van der Waals surface area contributed by atoms with Gasteiger partial charge in [-0.1, -0.05) is 72.8 Å². The van der Waals surface area contributed by atoms with E-state index < -0.39 is 0 Å². The van der Waals surface area contributed by atoms with Crippen LogP contribution in [0.5, 0.6) is 11.5 Å². The lowest BCUT2D eigenvalue weighted by atomic mass is 10.0. The van der Waals surface area contributed by atoms with Crippen LogP contribution < -0.4 is 14.8 Å². The first kappa shape index (κ1) is 27.5. The number of unbranched alkanes of at least 4 members (excludes halogenated alkanes) is 2. The van der Waals surface area contributed by atoms with Gasteiger partial charge in [0.1, 0.15) is 0 Å². The Morgan fingerprint density at radius 1 is 0.926 bits per heavy atom. The Morgan fingerprint density at radius 2 is 1.48 bits per heavy atom. The molecule has 1 amide bonds. The molecule has 0 unspecified atom stereocenters. The quantitative estimate of drug-likeness (QED) is 0.441. The second-order valence-electron chi connectivity index (χ2n) is 6.21. The van der Waals surface area contributed by atoms with Crippen LogP contribution >= 0.6 is 0 Å². The lowest BCUT2D eigenvalue weighted by Gasteiger charge is -2.14. The van der Waals surface area contributed by atoms with Gasteiger partial charge in [0.2, 0.25) is 6.41 Å². The van der Waals surface area contributed by atoms with Crippen LogP contribution in [0.4, 0.5) is 0 Å². The summed E-state index contributed by atoms with van der Waals surface area (Å²) in [5.74, 6) is 1.61. The fourth-order valence-corrected chi connectivity index (χ4v) is 2.63. The third-order valence-corrected chi connectivity index (χ3v) is 4.10. The zero-order valence-electron chi connectivity index (χ0n) is 18.8. The van der Waals surface area contributed by atoms with Gasteiger partial charge in [0, 0.05) is 6.04 Å². The monoisotopic (exact) mass is 381 g/mol. The minimum absolute atomic E-state index is 0.419. The highest BCUT2D eigenvalue weighted by atomic mass is 16.5. The summed E-state index contributed by atoms with van der Waals surface area (Å²) in [6, 6.07) is 6.47. The van der Waals surface area contributed by atoms with Crippen molar-refractivity contribution < 1.29 is 14.3 Å². The zero-order valence-corrected chi connectivity index (χ0v) is 18.8. The van der Waals surface area contributed by atoms with Crippen molar-refractivity contribution in [1.29, 1.82) is 0 Å². The van der Waals surface area contributed by atoms with Gasteiger partial charge in [-0.3, -0.25) is 4.79 Å². The van der Waals surface area contributed by atoms with Crippen LogP contribution in [0.25, 0.3) is 0 Å². The van der Waals surface area contributed by atoms with Crippen LogP contribution in [0, 0.1) is 0 Å². The number of carbonyl (C=O) groups excluding carboxylic acids is 1. The number of benzene rings is 1. The van der Waals surface area contributed by atoms with Crippen molar-refractivity contribution in [3.05, 3.63) is 23.8 Å². The molecule has 158 valence electrons. The molecule has 0 aliphatic heterocycles. The first-order chi connectivity index (χ1) is 13.2. The van der Waals surface area contributed by atoms with Crippen LogP contribution in [0.2, 0.25) is 0 Å². The molecule has 1 rings (SSSR count). The van der Waals surface area contributed by atoms with Crippen LogP contribution in [-0.2, 0) is 11.2 Å². The summed E-state index contributed by atoms with van der Waals surface area (Å²) in [5, 5.41) is 2.87. The molecule has 0 aromatic heterocycles. The van der Waals surface area contributed by atoms with Crippen molar-refractivity contribution in [3.8, 4) is 11.5 Å². The maximum atomic E-state index is 10.2. The van der Waals surface area contributed by atoms with E-state index in [-0.39, 0.29) is 0 Å². The van der Waals surface area contributed by atoms with Gasteiger partial charge in [-0.15, -0.1) is 0 Å². The molecule has 0 heterocycles. The van der Waals surface area contributed by atoms with Crippen molar-refractivity contribution in [2.45, 2.75) is 92.0 Å². The molecule has 0 aliphatic carbocycles. The summed E-state index contributed by atoms with van der Waals surface area (Å²) in [6.07, 6.45) is 10.2. The lowest BCUT2D eigenvalue weighted by molar-refractivity contribution is -0.110. The maximum Gasteiger partial charge on any atom is 0.207 e. The van der Waals surface area contributed by atoms with Crippen LogP contribution in [0.3, 0.4) is 0 Å². The summed E-state index contributed by atoms with van der Waals surface area (Å²) < 4.78 is 10.3. The molecule has 1 aromatic carbocycles. The number of hydrogen-bond acceptors (Lipinski definition) is 3. The van der Waals surface area contributed by atoms with E-state index in [2.05, 4.69) is 32.2 Å². The molecular formula is C23H43NO3. The Morgan fingerprint density at radius 3 is 1.89 bits per heavy atom. The molecule has 0 atom stereocenters. The largest absolute Gasteiger partial charge is 0.493 e. The minimum atomic E-state index is 0.419. The van der Waals surface area contributed by atoms with E-state index in [1.54, 1.807) is 14.2 Å². The first-order valence-electron chi connectivity index (χ1n) is 10.6. The van der Waals surface area contributed by atoms with E-state index in [4.69, 9.17) is 9.47 Å². The third kappa shape index (κ3) is 14.1. The summed E-state index contributed by atoms with van der Waals surface area (Å²) in [5.41, 5.74) is 1.29. The van der Waals surface area contributed by atoms with E-state index in [1.807, 2.05) is 26.0 Å². The van der Waals surface area contributed by atoms with Gasteiger partial charge >= 0.3 is 0 Å². The second kappa shape index (κ2) is 20.6. The summed E-state index contributed by atoms with van der Waals surface area (Å²) >= 11 is 0. The molecule has 27 heavy (non-hydrogen) atoms. The van der Waals surface area contributed by atoms with Crippen molar-refractivity contribution in [2.24, 2.45) is 0 Å². The lowest BCUT2D eigenvalue weighted by Crippen LogP contribution is -2.27. The molecule has 1 aromatic rings. The van der Waals surface area contributed by atoms with E-state index >= 15 is 0 Å². The van der Waals surface area contributed by atoms with Gasteiger partial charge in [-0.05, 0) is 37.0 Å². The first-order valence-corrected chi connectivity index (χ1v) is 10.6. The highest BCUT2D eigenvalue weighted by Gasteiger charge is 2.05. The number of carbonyl (C=O) groups is 1. The van der Waals surface area contributed by atoms with Crippen molar-refractivity contribution in [3.63, 3.8) is 0 Å². The molecular weight excluding hydrogens is 338 g/mol. The van der Waals surface area contributed by atoms with Crippen molar-refractivity contribution in [2.75, 3.05) is 14.2 Å². The van der Waals surface area contributed by atoms with E-state index in [1.165, 1.54) is 31.2 Å². The predicted octanol–water partition coefficient (Wildman–Crippen LogP) is 6.16. The molecule has 0 radical (unpaired) electrons. The van der Waals surface area contributed by atoms with Crippen LogP contribution in [-0.4, -0.2) is 26.7 Å². The molecule has 0 saturated heterocycles. The summed E-state index contributed by atoms with van der Waals surface area (Å²) in [4.78, 5) is 10.2. The molecule has 0 saturated carbocycles. The fraction of sp³-hybridized carbons (Fsp3) is 0.696. The normalized spacial score (nSPS) is 9.48. The molecule has 4 nitrogen and oxygen atoms in total. The Hall–Kier alpha value is -1.71. The molecule has 0 bridgehead atoms. The average Bonchev–Trinajstić information content (AvgIpc) is 2.72. The smallest absolute Gasteiger partial charge is 0.207 e. The molecule has 1 N–H and O–H groups in total. The number of amides is 1. The Labute approximate surface area is 168 Å². The zero-order chi connectivity index (χ0) is 20.9. The van der Waals surface area contributed by atoms with E-state index in [9.17, 15) is 4.79 Å². The van der Waals surface area contributed by atoms with E-state index in [0.717, 1.165) is 43.6 Å². The highest BCUT2D eigenvalue weighted by Crippen LogP contribution is 2.27. The predicted molar refractivity (Wildman–Crippen MR) is 117 cm³/mol. The standard InChI is InChI=1S/C11H16O2.C10H21NO.C2H6/c1-4-5-9-6-7-10(12-2)11(8-9)13-3;1-3-5-7-10(11-9-12)8-6-4-2;1-2/h6-8H,4-5H2,1-3H3;9-10H,3-8H2,1-2H3,(H,11,12);1-2H3. The van der Waals surface area contributed by atoms with Crippen molar-refractivity contribution >= 4 is 6.41 Å². The maximum absolute atomic E-state index is 10.2. The number of rotatable bonds is 12. The summed E-state index contributed by atoms with van der Waals surface area (Å²) in [6.45, 7) is 10.5. The molecule has 0 spiro atoms. The summed E-state index contributed by atoms with van der Waals surface area (Å²) in [7, 11) is 3.31. The van der Waals surface area contributed by atoms with Gasteiger partial charge in [0.15, 0.2) is 11.5 Å². The minimum Gasteiger partial charge on any atom is -0.493 e. The Kier molecular flexibility index (Phi) is 21.0. The fourth-order valence-electron chi connectivity index (χ4n) is 2.63. The number of methoxy groups -OCH3 is 2. The van der Waals surface area contributed by atoms with Crippen LogP contribution in [0.1, 0.15) is 85.1 Å². The second-order valence-corrected chi connectivity index (χ2v) is 6.21. The van der Waals surface area contributed by atoms with Gasteiger partial charge < -0.3 is 14.8 Å². The van der Waals surface area contributed by atoms with Gasteiger partial charge in [0.05, 0.1) is 14.2 Å². The number of aryl methyl sites for hydroxylation is 1. The molecule has 4 heteroatoms. The third-order valence-electron chi connectivity index (χ3n) is 4.10. The number of hydrogen-bond donors (Lipinski definition) is 1. The SMILES string of the molecule is CC.CCCCC(CCCC)NC=O.CCCc1ccc(OC)c(OC)c1.